The first kappa shape index (κ1) is 8.06. The average Bonchev–Trinajstić information content (AvgIpc) is 2.42. The van der Waals surface area contributed by atoms with Gasteiger partial charge < -0.3 is 5.73 Å². The number of hydrogen-bond donors (Lipinski definition) is 2. The number of nitrogens with zero attached hydrogens (tertiary/aromatic N) is 3. The molecule has 0 spiro atoms. The number of fused-ring (bicyclic) bond motifs is 1. The van der Waals surface area contributed by atoms with Gasteiger partial charge >= 0.3 is 0 Å². The molecule has 0 fully saturated rings. The van der Waals surface area contributed by atoms with Gasteiger partial charge in [-0.1, -0.05) is 11.6 Å². The predicted molar refractivity (Wildman–Crippen MR) is 47.8 cm³/mol. The molecule has 0 saturated heterocycles. The van der Waals surface area contributed by atoms with E-state index in [0.29, 0.717) is 5.69 Å². The fourth-order valence-corrected chi connectivity index (χ4v) is 1.14. The van der Waals surface area contributed by atoms with Crippen molar-refractivity contribution < 1.29 is 0 Å². The highest BCUT2D eigenvalue weighted by atomic mass is 35.5. The Morgan fingerprint density at radius 2 is 2.23 bits per heavy atom. The van der Waals surface area contributed by atoms with Crippen molar-refractivity contribution in [1.29, 1.82) is 0 Å². The summed E-state index contributed by atoms with van der Waals surface area (Å²) in [7, 11) is 0. The summed E-state index contributed by atoms with van der Waals surface area (Å²) in [6, 6.07) is 0. The Morgan fingerprint density at radius 1 is 1.54 bits per heavy atom. The molecule has 2 rings (SSSR count). The highest BCUT2D eigenvalue weighted by molar-refractivity contribution is 6.31. The van der Waals surface area contributed by atoms with Crippen LogP contribution < -0.4 is 11.3 Å². The lowest BCUT2D eigenvalue weighted by atomic mass is 10.4. The third kappa shape index (κ3) is 1.06. The summed E-state index contributed by atoms with van der Waals surface area (Å²) in [5.41, 5.74) is 5.40. The number of aromatic amines is 1. The smallest absolute Gasteiger partial charge is 0.293 e. The van der Waals surface area contributed by atoms with Gasteiger partial charge in [-0.25, -0.2) is 4.98 Å². The maximum Gasteiger partial charge on any atom is 0.293 e. The van der Waals surface area contributed by atoms with E-state index in [1.165, 1.54) is 0 Å². The quantitative estimate of drug-likeness (QED) is 0.623. The lowest BCUT2D eigenvalue weighted by Gasteiger charge is -1.94. The second-order valence-electron chi connectivity index (χ2n) is 2.56. The number of anilines is 1. The molecule has 7 heteroatoms. The van der Waals surface area contributed by atoms with Gasteiger partial charge in [-0.05, 0) is 6.92 Å². The van der Waals surface area contributed by atoms with Crippen LogP contribution in [0, 0.1) is 6.92 Å². The van der Waals surface area contributed by atoms with Gasteiger partial charge in [-0.15, -0.1) is 0 Å². The van der Waals surface area contributed by atoms with E-state index >= 15 is 0 Å². The minimum absolute atomic E-state index is 0.0705. The molecule has 0 atom stereocenters. The van der Waals surface area contributed by atoms with Crippen molar-refractivity contribution in [3.63, 3.8) is 0 Å². The van der Waals surface area contributed by atoms with Gasteiger partial charge in [0.2, 0.25) is 5.95 Å². The maximum absolute atomic E-state index is 11.4. The van der Waals surface area contributed by atoms with E-state index in [9.17, 15) is 4.79 Å². The summed E-state index contributed by atoms with van der Waals surface area (Å²) in [5, 5.41) is 2.59. The van der Waals surface area contributed by atoms with Crippen molar-refractivity contribution in [1.82, 2.24) is 19.6 Å². The molecule has 0 radical (unpaired) electrons. The van der Waals surface area contributed by atoms with Crippen LogP contribution in [-0.4, -0.2) is 19.6 Å². The highest BCUT2D eigenvalue weighted by Gasteiger charge is 2.09. The second-order valence-corrected chi connectivity index (χ2v) is 2.94. The molecule has 2 heterocycles. The fourth-order valence-electron chi connectivity index (χ4n) is 1.02. The van der Waals surface area contributed by atoms with Crippen LogP contribution in [0.25, 0.3) is 5.78 Å². The van der Waals surface area contributed by atoms with E-state index in [0.717, 1.165) is 4.52 Å². The van der Waals surface area contributed by atoms with Crippen LogP contribution in [-0.2, 0) is 0 Å². The molecule has 0 aliphatic rings. The lowest BCUT2D eigenvalue weighted by Crippen LogP contribution is -2.17. The molecule has 2 aromatic rings. The Morgan fingerprint density at radius 3 is 2.92 bits per heavy atom. The summed E-state index contributed by atoms with van der Waals surface area (Å²) >= 11 is 5.68. The van der Waals surface area contributed by atoms with Gasteiger partial charge in [0.15, 0.2) is 0 Å². The number of H-pyrrole nitrogens is 1. The maximum atomic E-state index is 11.4. The van der Waals surface area contributed by atoms with Crippen molar-refractivity contribution in [2.75, 3.05) is 5.73 Å². The van der Waals surface area contributed by atoms with E-state index in [4.69, 9.17) is 17.3 Å². The van der Waals surface area contributed by atoms with Crippen LogP contribution >= 0.6 is 11.6 Å². The second kappa shape index (κ2) is 2.46. The summed E-state index contributed by atoms with van der Waals surface area (Å²) < 4.78 is 1.10. The first-order valence-corrected chi connectivity index (χ1v) is 3.87. The van der Waals surface area contributed by atoms with E-state index in [2.05, 4.69) is 15.1 Å². The molecule has 68 valence electrons. The first-order chi connectivity index (χ1) is 6.09. The van der Waals surface area contributed by atoms with Gasteiger partial charge in [0.05, 0.1) is 5.69 Å². The number of rotatable bonds is 0. The molecule has 0 aliphatic heterocycles. The average molecular weight is 200 g/mol. The number of aryl methyl sites for hydroxylation is 1. The molecular weight excluding hydrogens is 194 g/mol. The van der Waals surface area contributed by atoms with Crippen molar-refractivity contribution in [3.05, 3.63) is 21.1 Å². The summed E-state index contributed by atoms with van der Waals surface area (Å²) in [6.45, 7) is 1.63. The molecule has 0 unspecified atom stereocenters. The van der Waals surface area contributed by atoms with E-state index in [1.54, 1.807) is 6.92 Å². The Labute approximate surface area is 77.3 Å². The molecule has 0 saturated carbocycles. The normalized spacial score (nSPS) is 10.9. The van der Waals surface area contributed by atoms with Crippen molar-refractivity contribution in [2.24, 2.45) is 0 Å². The zero-order valence-corrected chi connectivity index (χ0v) is 7.46. The van der Waals surface area contributed by atoms with Crippen LogP contribution in [0.15, 0.2) is 4.79 Å². The van der Waals surface area contributed by atoms with E-state index in [-0.39, 0.29) is 16.7 Å². The number of aromatic nitrogens is 4. The molecule has 0 amide bonds. The zero-order chi connectivity index (χ0) is 9.59. The lowest BCUT2D eigenvalue weighted by molar-refractivity contribution is 0.893. The molecule has 0 aliphatic carbocycles. The topological polar surface area (TPSA) is 89.1 Å². The largest absolute Gasteiger partial charge is 0.368 e. The Hall–Kier alpha value is -1.56. The highest BCUT2D eigenvalue weighted by Crippen LogP contribution is 2.07. The van der Waals surface area contributed by atoms with Crippen LogP contribution in [0.3, 0.4) is 0 Å². The Kier molecular flexibility index (Phi) is 1.53. The molecular formula is C6H6ClN5O. The third-order valence-electron chi connectivity index (χ3n) is 1.62. The van der Waals surface area contributed by atoms with Crippen molar-refractivity contribution >= 4 is 23.3 Å². The number of hydrogen-bond acceptors (Lipinski definition) is 4. The molecule has 2 aromatic heterocycles. The van der Waals surface area contributed by atoms with Gasteiger partial charge in [-0.3, -0.25) is 9.89 Å². The zero-order valence-electron chi connectivity index (χ0n) is 6.71. The van der Waals surface area contributed by atoms with Crippen molar-refractivity contribution in [3.8, 4) is 0 Å². The van der Waals surface area contributed by atoms with Gasteiger partial charge in [-0.2, -0.15) is 9.50 Å². The fraction of sp³-hybridized carbons (Fsp3) is 0.167. The monoisotopic (exact) mass is 199 g/mol. The first-order valence-electron chi connectivity index (χ1n) is 3.50. The molecule has 6 nitrogen and oxygen atoms in total. The minimum atomic E-state index is -0.395. The molecule has 0 aromatic carbocycles. The summed E-state index contributed by atoms with van der Waals surface area (Å²) in [4.78, 5) is 19.2. The van der Waals surface area contributed by atoms with Gasteiger partial charge in [0.1, 0.15) is 5.02 Å². The minimum Gasteiger partial charge on any atom is -0.368 e. The Balaban J connectivity index is 3.01. The van der Waals surface area contributed by atoms with Gasteiger partial charge in [0.25, 0.3) is 11.3 Å². The van der Waals surface area contributed by atoms with Gasteiger partial charge in [0, 0.05) is 0 Å². The number of nitrogens with two attached hydrogens (primary N) is 1. The van der Waals surface area contributed by atoms with E-state index < -0.39 is 5.56 Å². The SMILES string of the molecule is Cc1nc2nc(N)[nH]n2c(=O)c1Cl. The molecule has 0 bridgehead atoms. The number of halogens is 1. The molecule has 13 heavy (non-hydrogen) atoms. The van der Waals surface area contributed by atoms with Crippen molar-refractivity contribution in [2.45, 2.75) is 6.92 Å². The third-order valence-corrected chi connectivity index (χ3v) is 2.06. The van der Waals surface area contributed by atoms with Crippen LogP contribution in [0.5, 0.6) is 0 Å². The standard InChI is InChI=1S/C6H6ClN5O/c1-2-3(7)4(13)12-6(9-2)10-5(8)11-12/h1H3,(H3,8,9,10,11). The van der Waals surface area contributed by atoms with Crippen LogP contribution in [0.2, 0.25) is 5.02 Å². The summed E-state index contributed by atoms with van der Waals surface area (Å²) in [6.07, 6.45) is 0. The predicted octanol–water partition coefficient (Wildman–Crippen LogP) is -0.0384. The number of nitrogen functional groups attached to an aromatic ring is 1. The molecule has 3 N–H and O–H groups in total. The Bertz CT molecular complexity index is 528. The summed E-state index contributed by atoms with van der Waals surface area (Å²) in [5.74, 6) is 0.357. The van der Waals surface area contributed by atoms with E-state index in [1.807, 2.05) is 0 Å². The number of nitrogens with one attached hydrogen (secondary N) is 1. The van der Waals surface area contributed by atoms with Crippen LogP contribution in [0.4, 0.5) is 5.95 Å². The van der Waals surface area contributed by atoms with Crippen LogP contribution in [0.1, 0.15) is 5.69 Å².